The molecule has 0 radical (unpaired) electrons. The quantitative estimate of drug-likeness (QED) is 0.704. The van der Waals surface area contributed by atoms with Gasteiger partial charge in [0.15, 0.2) is 0 Å². The van der Waals surface area contributed by atoms with Gasteiger partial charge in [-0.1, -0.05) is 23.8 Å². The second kappa shape index (κ2) is 6.81. The van der Waals surface area contributed by atoms with Gasteiger partial charge in [-0.2, -0.15) is 5.10 Å². The lowest BCUT2D eigenvalue weighted by molar-refractivity contribution is -0.113. The molecular formula is C20H17F2N3OS. The molecule has 0 fully saturated rings. The van der Waals surface area contributed by atoms with Crippen LogP contribution in [0.2, 0.25) is 0 Å². The third-order valence-corrected chi connectivity index (χ3v) is 5.78. The van der Waals surface area contributed by atoms with Crippen molar-refractivity contribution in [1.29, 1.82) is 0 Å². The summed E-state index contributed by atoms with van der Waals surface area (Å²) in [6.07, 6.45) is 0. The van der Waals surface area contributed by atoms with Crippen LogP contribution in [0.3, 0.4) is 0 Å². The first kappa shape index (κ1) is 17.7. The van der Waals surface area contributed by atoms with Crippen LogP contribution in [0.5, 0.6) is 0 Å². The highest BCUT2D eigenvalue weighted by molar-refractivity contribution is 8.00. The Morgan fingerprint density at radius 3 is 2.59 bits per heavy atom. The summed E-state index contributed by atoms with van der Waals surface area (Å²) in [5, 5.41) is 7.02. The summed E-state index contributed by atoms with van der Waals surface area (Å²) in [7, 11) is 0. The van der Waals surface area contributed by atoms with Crippen molar-refractivity contribution >= 4 is 23.5 Å². The highest BCUT2D eigenvalue weighted by Crippen LogP contribution is 2.44. The van der Waals surface area contributed by atoms with Crippen LogP contribution >= 0.6 is 11.8 Å². The molecule has 138 valence electrons. The SMILES string of the molecule is Cc1ccc(-n2nc(C)c3c2NC(=O)CS[C@@H]3c2ccc(F)cc2F)cc1. The van der Waals surface area contributed by atoms with E-state index in [1.165, 1.54) is 23.9 Å². The molecule has 0 saturated heterocycles. The third kappa shape index (κ3) is 3.23. The van der Waals surface area contributed by atoms with Crippen molar-refractivity contribution in [2.45, 2.75) is 19.1 Å². The van der Waals surface area contributed by atoms with Crippen molar-refractivity contribution in [3.05, 3.63) is 76.5 Å². The van der Waals surface area contributed by atoms with Gasteiger partial charge in [0.05, 0.1) is 22.4 Å². The van der Waals surface area contributed by atoms with Crippen LogP contribution in [0, 0.1) is 25.5 Å². The van der Waals surface area contributed by atoms with Crippen LogP contribution in [-0.4, -0.2) is 21.4 Å². The van der Waals surface area contributed by atoms with Crippen molar-refractivity contribution in [3.63, 3.8) is 0 Å². The topological polar surface area (TPSA) is 46.9 Å². The zero-order valence-electron chi connectivity index (χ0n) is 14.8. The number of aromatic nitrogens is 2. The Bertz CT molecular complexity index is 1030. The summed E-state index contributed by atoms with van der Waals surface area (Å²) in [5.41, 5.74) is 3.67. The van der Waals surface area contributed by atoms with Gasteiger partial charge in [-0.3, -0.25) is 4.79 Å². The van der Waals surface area contributed by atoms with E-state index in [1.54, 1.807) is 4.68 Å². The summed E-state index contributed by atoms with van der Waals surface area (Å²) < 4.78 is 29.5. The maximum absolute atomic E-state index is 14.5. The first-order chi connectivity index (χ1) is 12.9. The van der Waals surface area contributed by atoms with Crippen molar-refractivity contribution in [3.8, 4) is 5.69 Å². The van der Waals surface area contributed by atoms with Gasteiger partial charge in [0.1, 0.15) is 17.5 Å². The Hall–Kier alpha value is -2.67. The van der Waals surface area contributed by atoms with E-state index < -0.39 is 16.9 Å². The standard InChI is InChI=1S/C20H17F2N3OS/c1-11-3-6-14(7-4-11)25-20-18(12(2)24-25)19(27-10-17(26)23-20)15-8-5-13(21)9-16(15)22/h3-9,19H,10H2,1-2H3,(H,23,26)/t19-/m1/s1. The number of fused-ring (bicyclic) bond motifs is 1. The minimum Gasteiger partial charge on any atom is -0.310 e. The molecule has 2 aromatic carbocycles. The second-order valence-corrected chi connectivity index (χ2v) is 7.59. The van der Waals surface area contributed by atoms with Crippen LogP contribution in [0.4, 0.5) is 14.6 Å². The van der Waals surface area contributed by atoms with E-state index >= 15 is 0 Å². The van der Waals surface area contributed by atoms with Crippen LogP contribution < -0.4 is 5.32 Å². The van der Waals surface area contributed by atoms with E-state index in [2.05, 4.69) is 10.4 Å². The summed E-state index contributed by atoms with van der Waals surface area (Å²) >= 11 is 1.31. The summed E-state index contributed by atoms with van der Waals surface area (Å²) in [6.45, 7) is 3.82. The average molecular weight is 385 g/mol. The number of nitrogens with zero attached hydrogens (tertiary/aromatic N) is 2. The number of hydrogen-bond acceptors (Lipinski definition) is 3. The van der Waals surface area contributed by atoms with Gasteiger partial charge < -0.3 is 5.32 Å². The molecule has 0 saturated carbocycles. The molecule has 1 aromatic heterocycles. The third-order valence-electron chi connectivity index (χ3n) is 4.53. The van der Waals surface area contributed by atoms with Crippen molar-refractivity contribution in [2.75, 3.05) is 11.1 Å². The number of benzene rings is 2. The Morgan fingerprint density at radius 1 is 1.15 bits per heavy atom. The molecule has 1 atom stereocenters. The fraction of sp³-hybridized carbons (Fsp3) is 0.200. The van der Waals surface area contributed by atoms with Gasteiger partial charge in [-0.25, -0.2) is 13.5 Å². The number of aryl methyl sites for hydroxylation is 2. The fourth-order valence-corrected chi connectivity index (χ4v) is 4.43. The normalized spacial score (nSPS) is 16.6. The molecule has 2 heterocycles. The molecule has 27 heavy (non-hydrogen) atoms. The molecule has 1 N–H and O–H groups in total. The van der Waals surface area contributed by atoms with Gasteiger partial charge in [0.25, 0.3) is 0 Å². The summed E-state index contributed by atoms with van der Waals surface area (Å²) in [4.78, 5) is 12.3. The number of rotatable bonds is 2. The van der Waals surface area contributed by atoms with Crippen molar-refractivity contribution in [1.82, 2.24) is 9.78 Å². The molecule has 4 nitrogen and oxygen atoms in total. The lowest BCUT2D eigenvalue weighted by atomic mass is 10.0. The number of halogens is 2. The molecule has 1 aliphatic heterocycles. The monoisotopic (exact) mass is 385 g/mol. The van der Waals surface area contributed by atoms with Crippen molar-refractivity contribution < 1.29 is 13.6 Å². The van der Waals surface area contributed by atoms with Crippen LogP contribution in [0.1, 0.15) is 27.6 Å². The number of hydrogen-bond donors (Lipinski definition) is 1. The smallest absolute Gasteiger partial charge is 0.235 e. The number of carbonyl (C=O) groups excluding carboxylic acids is 1. The predicted molar refractivity (Wildman–Crippen MR) is 102 cm³/mol. The number of nitrogens with one attached hydrogen (secondary N) is 1. The highest BCUT2D eigenvalue weighted by Gasteiger charge is 2.32. The maximum Gasteiger partial charge on any atom is 0.235 e. The van der Waals surface area contributed by atoms with Gasteiger partial charge >= 0.3 is 0 Å². The van der Waals surface area contributed by atoms with E-state index in [-0.39, 0.29) is 11.7 Å². The Morgan fingerprint density at radius 2 is 1.89 bits per heavy atom. The molecule has 0 aliphatic carbocycles. The van der Waals surface area contributed by atoms with E-state index in [0.29, 0.717) is 17.1 Å². The van der Waals surface area contributed by atoms with Crippen LogP contribution in [0.25, 0.3) is 5.69 Å². The molecule has 0 bridgehead atoms. The maximum atomic E-state index is 14.5. The predicted octanol–water partition coefficient (Wildman–Crippen LogP) is 4.54. The highest BCUT2D eigenvalue weighted by atomic mass is 32.2. The largest absolute Gasteiger partial charge is 0.310 e. The molecule has 0 unspecified atom stereocenters. The molecular weight excluding hydrogens is 368 g/mol. The molecule has 3 aromatic rings. The Balaban J connectivity index is 1.90. The van der Waals surface area contributed by atoms with Gasteiger partial charge in [0, 0.05) is 17.2 Å². The molecule has 7 heteroatoms. The van der Waals surface area contributed by atoms with E-state index in [0.717, 1.165) is 22.9 Å². The van der Waals surface area contributed by atoms with E-state index in [4.69, 9.17) is 0 Å². The number of anilines is 1. The minimum atomic E-state index is -0.629. The van der Waals surface area contributed by atoms with Crippen LogP contribution in [-0.2, 0) is 4.79 Å². The number of thioether (sulfide) groups is 1. The summed E-state index contributed by atoms with van der Waals surface area (Å²) in [5.74, 6) is -0.741. The lowest BCUT2D eigenvalue weighted by Crippen LogP contribution is -2.15. The first-order valence-electron chi connectivity index (χ1n) is 8.47. The van der Waals surface area contributed by atoms with Gasteiger partial charge in [-0.05, 0) is 32.0 Å². The average Bonchev–Trinajstić information content (AvgIpc) is 2.83. The second-order valence-electron chi connectivity index (χ2n) is 6.50. The van der Waals surface area contributed by atoms with Gasteiger partial charge in [-0.15, -0.1) is 11.8 Å². The number of carbonyl (C=O) groups is 1. The number of amides is 1. The first-order valence-corrected chi connectivity index (χ1v) is 9.52. The Labute approximate surface area is 159 Å². The minimum absolute atomic E-state index is 0.170. The molecule has 1 aliphatic rings. The zero-order chi connectivity index (χ0) is 19.1. The Kier molecular flexibility index (Phi) is 4.47. The molecule has 1 amide bonds. The van der Waals surface area contributed by atoms with Crippen molar-refractivity contribution in [2.24, 2.45) is 0 Å². The fourth-order valence-electron chi connectivity index (χ4n) is 3.22. The molecule has 0 spiro atoms. The summed E-state index contributed by atoms with van der Waals surface area (Å²) in [6, 6.07) is 11.3. The van der Waals surface area contributed by atoms with Gasteiger partial charge in [0.2, 0.25) is 5.91 Å². The lowest BCUT2D eigenvalue weighted by Gasteiger charge is -2.16. The molecule has 4 rings (SSSR count). The zero-order valence-corrected chi connectivity index (χ0v) is 15.6. The van der Waals surface area contributed by atoms with Crippen LogP contribution in [0.15, 0.2) is 42.5 Å². The van der Waals surface area contributed by atoms with E-state index in [9.17, 15) is 13.6 Å². The van der Waals surface area contributed by atoms with E-state index in [1.807, 2.05) is 38.1 Å².